The van der Waals surface area contributed by atoms with Crippen LogP contribution in [-0.4, -0.2) is 63.7 Å². The van der Waals surface area contributed by atoms with Gasteiger partial charge in [-0.2, -0.15) is 5.10 Å². The van der Waals surface area contributed by atoms with Crippen LogP contribution in [0.4, 0.5) is 11.6 Å². The van der Waals surface area contributed by atoms with Gasteiger partial charge in [-0.3, -0.25) is 9.48 Å². The highest BCUT2D eigenvalue weighted by molar-refractivity contribution is 5.99. The molecule has 5 rings (SSSR count). The van der Waals surface area contributed by atoms with Gasteiger partial charge in [-0.15, -0.1) is 0 Å². The Kier molecular flexibility index (Phi) is 5.51. The molecule has 8 nitrogen and oxygen atoms in total. The first-order chi connectivity index (χ1) is 16.0. The predicted octanol–water partition coefficient (Wildman–Crippen LogP) is 2.79. The number of nitrogen functional groups attached to an aromatic ring is 1. The number of aryl methyl sites for hydroxylation is 1. The molecule has 1 aliphatic rings. The minimum Gasteiger partial charge on any atom is -0.383 e. The fourth-order valence-electron chi connectivity index (χ4n) is 4.25. The molecule has 0 unspecified atom stereocenters. The van der Waals surface area contributed by atoms with Crippen LogP contribution in [0, 0.1) is 0 Å². The number of pyridine rings is 2. The van der Waals surface area contributed by atoms with Crippen LogP contribution < -0.4 is 10.6 Å². The molecular formula is C25H27N7O. The highest BCUT2D eigenvalue weighted by atomic mass is 16.1. The molecule has 2 N–H and O–H groups in total. The van der Waals surface area contributed by atoms with Crippen LogP contribution in [0.25, 0.3) is 21.9 Å². The van der Waals surface area contributed by atoms with E-state index in [1.807, 2.05) is 43.7 Å². The van der Waals surface area contributed by atoms with Crippen LogP contribution in [0.3, 0.4) is 0 Å². The molecule has 0 bridgehead atoms. The minimum absolute atomic E-state index is 0.00226. The summed E-state index contributed by atoms with van der Waals surface area (Å²) in [6.07, 6.45) is 5.70. The molecule has 0 atom stereocenters. The molecule has 0 saturated carbocycles. The number of carbonyl (C=O) groups is 1. The number of hydrogen-bond donors (Lipinski definition) is 1. The summed E-state index contributed by atoms with van der Waals surface area (Å²) < 4.78 is 1.77. The van der Waals surface area contributed by atoms with Gasteiger partial charge in [0.05, 0.1) is 18.3 Å². The third kappa shape index (κ3) is 4.42. The highest BCUT2D eigenvalue weighted by Crippen LogP contribution is 2.27. The Hall–Kier alpha value is -3.78. The lowest BCUT2D eigenvalue weighted by atomic mass is 10.0. The van der Waals surface area contributed by atoms with Crippen LogP contribution >= 0.6 is 0 Å². The van der Waals surface area contributed by atoms with E-state index in [2.05, 4.69) is 38.0 Å². The molecule has 0 spiro atoms. The fourth-order valence-corrected chi connectivity index (χ4v) is 4.25. The van der Waals surface area contributed by atoms with E-state index in [1.165, 1.54) is 0 Å². The smallest absolute Gasteiger partial charge is 0.169 e. The van der Waals surface area contributed by atoms with Crippen molar-refractivity contribution in [1.82, 2.24) is 24.6 Å². The van der Waals surface area contributed by atoms with Crippen LogP contribution in [-0.2, 0) is 13.5 Å². The number of fused-ring (bicyclic) bond motifs is 1. The highest BCUT2D eigenvalue weighted by Gasteiger charge is 2.17. The summed E-state index contributed by atoms with van der Waals surface area (Å²) in [5.74, 6) is 1.28. The summed E-state index contributed by atoms with van der Waals surface area (Å²) in [4.78, 5) is 26.6. The van der Waals surface area contributed by atoms with E-state index >= 15 is 0 Å². The van der Waals surface area contributed by atoms with Crippen molar-refractivity contribution < 1.29 is 4.79 Å². The van der Waals surface area contributed by atoms with E-state index in [-0.39, 0.29) is 12.2 Å². The average molecular weight is 442 g/mol. The van der Waals surface area contributed by atoms with Gasteiger partial charge < -0.3 is 15.5 Å². The van der Waals surface area contributed by atoms with Gasteiger partial charge in [-0.05, 0) is 42.3 Å². The quantitative estimate of drug-likeness (QED) is 0.476. The lowest BCUT2D eigenvalue weighted by molar-refractivity contribution is 0.0992. The van der Waals surface area contributed by atoms with E-state index in [4.69, 9.17) is 5.73 Å². The molecule has 1 aliphatic heterocycles. The Morgan fingerprint density at radius 3 is 2.61 bits per heavy atom. The molecule has 1 fully saturated rings. The average Bonchev–Trinajstić information content (AvgIpc) is 3.25. The van der Waals surface area contributed by atoms with Gasteiger partial charge >= 0.3 is 0 Å². The van der Waals surface area contributed by atoms with Crippen molar-refractivity contribution >= 4 is 28.2 Å². The number of rotatable bonds is 5. The fraction of sp³-hybridized carbons (Fsp3) is 0.280. The number of aromatic nitrogens is 4. The predicted molar refractivity (Wildman–Crippen MR) is 130 cm³/mol. The van der Waals surface area contributed by atoms with Gasteiger partial charge in [0.25, 0.3) is 0 Å². The monoisotopic (exact) mass is 441 g/mol. The molecule has 0 amide bonds. The first-order valence-electron chi connectivity index (χ1n) is 11.1. The Bertz CT molecular complexity index is 1320. The number of nitrogens with two attached hydrogens (primary N) is 1. The molecule has 4 aromatic rings. The molecule has 33 heavy (non-hydrogen) atoms. The van der Waals surface area contributed by atoms with Crippen molar-refractivity contribution in [2.24, 2.45) is 7.05 Å². The first kappa shape index (κ1) is 21.1. The van der Waals surface area contributed by atoms with E-state index in [9.17, 15) is 4.79 Å². The topological polar surface area (TPSA) is 93.2 Å². The molecule has 1 aromatic carbocycles. The van der Waals surface area contributed by atoms with Crippen molar-refractivity contribution in [2.45, 2.75) is 6.42 Å². The summed E-state index contributed by atoms with van der Waals surface area (Å²) >= 11 is 0. The van der Waals surface area contributed by atoms with Crippen LogP contribution in [0.2, 0.25) is 0 Å². The van der Waals surface area contributed by atoms with E-state index < -0.39 is 0 Å². The molecule has 8 heteroatoms. The second-order valence-corrected chi connectivity index (χ2v) is 8.63. The Balaban J connectivity index is 1.39. The van der Waals surface area contributed by atoms with Crippen LogP contribution in [0.15, 0.2) is 55.0 Å². The standard InChI is InChI=1S/C25H27N7O/c1-30-7-9-32(10-8-30)24-13-18(5-6-27-24)23(33)14-21-12-19-11-17(20-15-28-31(2)16-20)3-4-22(19)25(26)29-21/h3-6,11-13,15-16H,7-10,14H2,1-2H3,(H2,26,29). The van der Waals surface area contributed by atoms with E-state index in [1.54, 1.807) is 16.9 Å². The normalized spacial score (nSPS) is 14.7. The molecule has 3 aromatic heterocycles. The van der Waals surface area contributed by atoms with Gasteiger partial charge in [0.2, 0.25) is 0 Å². The minimum atomic E-state index is 0.00226. The second kappa shape index (κ2) is 8.63. The van der Waals surface area contributed by atoms with Crippen LogP contribution in [0.1, 0.15) is 16.1 Å². The second-order valence-electron chi connectivity index (χ2n) is 8.63. The van der Waals surface area contributed by atoms with Crippen molar-refractivity contribution in [1.29, 1.82) is 0 Å². The van der Waals surface area contributed by atoms with Gasteiger partial charge in [0.1, 0.15) is 11.6 Å². The van der Waals surface area contributed by atoms with Gasteiger partial charge in [-0.25, -0.2) is 9.97 Å². The van der Waals surface area contributed by atoms with Gasteiger partial charge in [0, 0.05) is 62.1 Å². The number of hydrogen-bond acceptors (Lipinski definition) is 7. The van der Waals surface area contributed by atoms with E-state index in [0.717, 1.165) is 53.9 Å². The maximum atomic E-state index is 13.1. The Morgan fingerprint density at radius 2 is 1.85 bits per heavy atom. The lowest BCUT2D eigenvalue weighted by Crippen LogP contribution is -2.44. The largest absolute Gasteiger partial charge is 0.383 e. The zero-order valence-electron chi connectivity index (χ0n) is 18.9. The number of benzene rings is 1. The van der Waals surface area contributed by atoms with Gasteiger partial charge in [0.15, 0.2) is 5.78 Å². The third-order valence-electron chi connectivity index (χ3n) is 6.19. The molecule has 0 aliphatic carbocycles. The maximum absolute atomic E-state index is 13.1. The number of piperazine rings is 1. The molecular weight excluding hydrogens is 414 g/mol. The summed E-state index contributed by atoms with van der Waals surface area (Å²) in [5, 5.41) is 6.08. The summed E-state index contributed by atoms with van der Waals surface area (Å²) in [6, 6.07) is 11.7. The number of ketones is 1. The maximum Gasteiger partial charge on any atom is 0.169 e. The summed E-state index contributed by atoms with van der Waals surface area (Å²) in [5.41, 5.74) is 9.61. The van der Waals surface area contributed by atoms with E-state index in [0.29, 0.717) is 17.1 Å². The Labute approximate surface area is 192 Å². The third-order valence-corrected chi connectivity index (χ3v) is 6.19. The summed E-state index contributed by atoms with van der Waals surface area (Å²) in [6.45, 7) is 3.79. The number of nitrogens with zero attached hydrogens (tertiary/aromatic N) is 6. The van der Waals surface area contributed by atoms with Crippen LogP contribution in [0.5, 0.6) is 0 Å². The van der Waals surface area contributed by atoms with Crippen molar-refractivity contribution in [2.75, 3.05) is 43.9 Å². The van der Waals surface area contributed by atoms with Crippen molar-refractivity contribution in [3.05, 3.63) is 66.2 Å². The molecule has 1 saturated heterocycles. The number of anilines is 2. The van der Waals surface area contributed by atoms with Crippen molar-refractivity contribution in [3.8, 4) is 11.1 Å². The molecule has 168 valence electrons. The first-order valence-corrected chi connectivity index (χ1v) is 11.1. The zero-order chi connectivity index (χ0) is 22.9. The molecule has 0 radical (unpaired) electrons. The SMILES string of the molecule is CN1CCN(c2cc(C(=O)Cc3cc4cc(-c5cnn(C)c5)ccc4c(N)n3)ccn2)CC1. The number of Topliss-reactive ketones (excluding diaryl/α,β-unsaturated/α-hetero) is 1. The number of likely N-dealkylation sites (N-methyl/N-ethyl adjacent to an activating group) is 1. The summed E-state index contributed by atoms with van der Waals surface area (Å²) in [7, 11) is 4.01. The van der Waals surface area contributed by atoms with Crippen molar-refractivity contribution in [3.63, 3.8) is 0 Å². The lowest BCUT2D eigenvalue weighted by Gasteiger charge is -2.33. The van der Waals surface area contributed by atoms with Gasteiger partial charge in [-0.1, -0.05) is 12.1 Å². The molecule has 4 heterocycles. The number of carbonyl (C=O) groups excluding carboxylic acids is 1. The zero-order valence-corrected chi connectivity index (χ0v) is 18.9. The Morgan fingerprint density at radius 1 is 1.03 bits per heavy atom.